The van der Waals surface area contributed by atoms with Gasteiger partial charge in [-0.15, -0.1) is 0 Å². The third kappa shape index (κ3) is 4.77. The van der Waals surface area contributed by atoms with E-state index in [0.717, 1.165) is 5.56 Å². The molecule has 0 saturated heterocycles. The zero-order valence-corrected chi connectivity index (χ0v) is 17.6. The maximum absolute atomic E-state index is 12.7. The quantitative estimate of drug-likeness (QED) is 0.420. The van der Waals surface area contributed by atoms with E-state index in [9.17, 15) is 9.90 Å². The van der Waals surface area contributed by atoms with Crippen molar-refractivity contribution in [1.29, 1.82) is 0 Å². The van der Waals surface area contributed by atoms with Gasteiger partial charge in [-0.05, 0) is 29.8 Å². The summed E-state index contributed by atoms with van der Waals surface area (Å²) in [6, 6.07) is 15.9. The molecule has 0 radical (unpaired) electrons. The molecule has 2 N–H and O–H groups in total. The van der Waals surface area contributed by atoms with Gasteiger partial charge < -0.3 is 10.4 Å². The Hall–Kier alpha value is -1.72. The normalized spacial score (nSPS) is 10.7. The molecule has 0 heterocycles. The highest BCUT2D eigenvalue weighted by atomic mass is 79.9. The van der Waals surface area contributed by atoms with Gasteiger partial charge in [-0.2, -0.15) is 0 Å². The van der Waals surface area contributed by atoms with Crippen LogP contribution >= 0.6 is 50.7 Å². The van der Waals surface area contributed by atoms with E-state index >= 15 is 0 Å². The van der Waals surface area contributed by atoms with Crippen molar-refractivity contribution >= 4 is 62.3 Å². The molecule has 138 valence electrons. The van der Waals surface area contributed by atoms with Gasteiger partial charge in [-0.25, -0.2) is 0 Å². The molecule has 0 spiro atoms. The summed E-state index contributed by atoms with van der Waals surface area (Å²) in [5, 5.41) is 14.1. The van der Waals surface area contributed by atoms with Crippen molar-refractivity contribution in [3.8, 4) is 5.75 Å². The minimum atomic E-state index is -0.533. The lowest BCUT2D eigenvalue weighted by atomic mass is 10.0. The minimum absolute atomic E-state index is 0.0965. The van der Waals surface area contributed by atoms with Gasteiger partial charge in [-0.3, -0.25) is 4.79 Å². The van der Waals surface area contributed by atoms with Crippen LogP contribution in [0.1, 0.15) is 21.5 Å². The van der Waals surface area contributed by atoms with Crippen LogP contribution in [0.25, 0.3) is 0 Å². The fourth-order valence-electron chi connectivity index (χ4n) is 2.62. The van der Waals surface area contributed by atoms with Crippen LogP contribution in [0.15, 0.2) is 59.1 Å². The number of carbonyl (C=O) groups excluding carboxylic acids is 1. The van der Waals surface area contributed by atoms with Gasteiger partial charge in [0.1, 0.15) is 5.75 Å². The minimum Gasteiger partial charge on any atom is -0.507 e. The zero-order chi connectivity index (χ0) is 19.6. The summed E-state index contributed by atoms with van der Waals surface area (Å²) in [5.74, 6) is -0.630. The second-order valence-corrected chi connectivity index (χ2v) is 7.99. The topological polar surface area (TPSA) is 49.3 Å². The first-order chi connectivity index (χ1) is 12.8. The summed E-state index contributed by atoms with van der Waals surface area (Å²) >= 11 is 21.5. The van der Waals surface area contributed by atoms with Gasteiger partial charge in [0.25, 0.3) is 5.91 Å². The van der Waals surface area contributed by atoms with Gasteiger partial charge >= 0.3 is 0 Å². The van der Waals surface area contributed by atoms with Crippen molar-refractivity contribution in [1.82, 2.24) is 0 Å². The Morgan fingerprint density at radius 1 is 1.00 bits per heavy atom. The number of benzene rings is 3. The van der Waals surface area contributed by atoms with E-state index in [1.54, 1.807) is 6.07 Å². The van der Waals surface area contributed by atoms with Crippen LogP contribution in [-0.4, -0.2) is 11.0 Å². The van der Waals surface area contributed by atoms with E-state index in [0.29, 0.717) is 21.5 Å². The largest absolute Gasteiger partial charge is 0.507 e. The molecule has 3 aromatic carbocycles. The molecule has 7 heteroatoms. The molecule has 0 saturated carbocycles. The molecule has 0 bridgehead atoms. The number of halogens is 4. The predicted octanol–water partition coefficient (Wildman–Crippen LogP) is 6.96. The standard InChI is InChI=1S/C20H13BrCl3NO2/c21-13-7-12(6-11-4-2-1-3-5-11)19(26)15(8-13)20(27)25-18-16(23)9-14(22)10-17(18)24/h1-5,7-10,26H,6H2,(H,25,27). The number of phenolic OH excluding ortho intramolecular Hbond substituents is 1. The molecule has 0 aliphatic carbocycles. The van der Waals surface area contributed by atoms with Gasteiger partial charge in [0.15, 0.2) is 0 Å². The Bertz CT molecular complexity index is 987. The molecule has 0 aliphatic rings. The molecular weight excluding hydrogens is 472 g/mol. The summed E-state index contributed by atoms with van der Waals surface area (Å²) in [5.41, 5.74) is 1.98. The van der Waals surface area contributed by atoms with Crippen molar-refractivity contribution in [3.63, 3.8) is 0 Å². The Balaban J connectivity index is 1.93. The maximum Gasteiger partial charge on any atom is 0.259 e. The fourth-order valence-corrected chi connectivity index (χ4v) is 4.04. The van der Waals surface area contributed by atoms with Crippen LogP contribution in [0.2, 0.25) is 15.1 Å². The van der Waals surface area contributed by atoms with Crippen molar-refractivity contribution in [2.75, 3.05) is 5.32 Å². The number of amides is 1. The lowest BCUT2D eigenvalue weighted by molar-refractivity contribution is 0.102. The highest BCUT2D eigenvalue weighted by Gasteiger charge is 2.19. The van der Waals surface area contributed by atoms with Crippen molar-refractivity contribution < 1.29 is 9.90 Å². The van der Waals surface area contributed by atoms with Crippen LogP contribution in [0.3, 0.4) is 0 Å². The highest BCUT2D eigenvalue weighted by molar-refractivity contribution is 9.10. The van der Waals surface area contributed by atoms with E-state index in [1.165, 1.54) is 18.2 Å². The summed E-state index contributed by atoms with van der Waals surface area (Å²) in [7, 11) is 0. The van der Waals surface area contributed by atoms with E-state index < -0.39 is 5.91 Å². The number of rotatable bonds is 4. The summed E-state index contributed by atoms with van der Waals surface area (Å²) in [6.07, 6.45) is 0.481. The molecule has 3 nitrogen and oxygen atoms in total. The van der Waals surface area contributed by atoms with Crippen LogP contribution < -0.4 is 5.32 Å². The smallest absolute Gasteiger partial charge is 0.259 e. The van der Waals surface area contributed by atoms with Gasteiger partial charge in [0, 0.05) is 21.5 Å². The fraction of sp³-hybridized carbons (Fsp3) is 0.0500. The van der Waals surface area contributed by atoms with Crippen LogP contribution in [0.5, 0.6) is 5.75 Å². The average molecular weight is 486 g/mol. The summed E-state index contributed by atoms with van der Waals surface area (Å²) in [6.45, 7) is 0. The van der Waals surface area contributed by atoms with Crippen LogP contribution in [0, 0.1) is 0 Å². The molecule has 0 fully saturated rings. The third-order valence-corrected chi connectivity index (χ3v) is 5.15. The molecule has 0 atom stereocenters. The second-order valence-electron chi connectivity index (χ2n) is 5.82. The first-order valence-corrected chi connectivity index (χ1v) is 9.79. The Labute approximate surface area is 180 Å². The maximum atomic E-state index is 12.7. The number of carbonyl (C=O) groups is 1. The molecule has 0 aliphatic heterocycles. The van der Waals surface area contributed by atoms with Gasteiger partial charge in [0.05, 0.1) is 21.3 Å². The first-order valence-electron chi connectivity index (χ1n) is 7.86. The third-order valence-electron chi connectivity index (χ3n) is 3.88. The number of hydrogen-bond acceptors (Lipinski definition) is 2. The first kappa shape index (κ1) is 20.0. The molecule has 1 amide bonds. The Morgan fingerprint density at radius 2 is 1.63 bits per heavy atom. The molecule has 3 aromatic rings. The molecule has 3 rings (SSSR count). The predicted molar refractivity (Wildman–Crippen MR) is 114 cm³/mol. The average Bonchev–Trinajstić information content (AvgIpc) is 2.61. The SMILES string of the molecule is O=C(Nc1c(Cl)cc(Cl)cc1Cl)c1cc(Br)cc(Cc2ccccc2)c1O. The monoisotopic (exact) mass is 483 g/mol. The van der Waals surface area contributed by atoms with Crippen molar-refractivity contribution in [2.45, 2.75) is 6.42 Å². The molecule has 0 aromatic heterocycles. The van der Waals surface area contributed by atoms with Gasteiger partial charge in [0.2, 0.25) is 0 Å². The Morgan fingerprint density at radius 3 is 2.26 bits per heavy atom. The van der Waals surface area contributed by atoms with Crippen LogP contribution in [0.4, 0.5) is 5.69 Å². The summed E-state index contributed by atoms with van der Waals surface area (Å²) < 4.78 is 0.671. The molecule has 27 heavy (non-hydrogen) atoms. The van der Waals surface area contributed by atoms with Crippen LogP contribution in [-0.2, 0) is 6.42 Å². The van der Waals surface area contributed by atoms with E-state index in [2.05, 4.69) is 21.2 Å². The summed E-state index contributed by atoms with van der Waals surface area (Å²) in [4.78, 5) is 12.7. The van der Waals surface area contributed by atoms with Crippen molar-refractivity contribution in [2.24, 2.45) is 0 Å². The number of phenols is 1. The molecule has 0 unspecified atom stereocenters. The lowest BCUT2D eigenvalue weighted by Gasteiger charge is -2.13. The Kier molecular flexibility index (Phi) is 6.33. The number of nitrogens with one attached hydrogen (secondary N) is 1. The second kappa shape index (κ2) is 8.53. The van der Waals surface area contributed by atoms with E-state index in [1.807, 2.05) is 30.3 Å². The van der Waals surface area contributed by atoms with Crippen molar-refractivity contribution in [3.05, 3.63) is 90.8 Å². The number of aromatic hydroxyl groups is 1. The van der Waals surface area contributed by atoms with Gasteiger partial charge in [-0.1, -0.05) is 81.1 Å². The lowest BCUT2D eigenvalue weighted by Crippen LogP contribution is -2.13. The molecular formula is C20H13BrCl3NO2. The van der Waals surface area contributed by atoms with E-state index in [4.69, 9.17) is 34.8 Å². The van der Waals surface area contributed by atoms with E-state index in [-0.39, 0.29) is 27.0 Å². The number of anilines is 1. The number of hydrogen-bond donors (Lipinski definition) is 2. The highest BCUT2D eigenvalue weighted by Crippen LogP contribution is 2.35. The zero-order valence-electron chi connectivity index (χ0n) is 13.8.